The van der Waals surface area contributed by atoms with Gasteiger partial charge in [0.25, 0.3) is 5.91 Å². The molecule has 0 radical (unpaired) electrons. The molecule has 1 atom stereocenters. The van der Waals surface area contributed by atoms with Crippen LogP contribution < -0.4 is 21.5 Å². The lowest BCUT2D eigenvalue weighted by molar-refractivity contribution is 0.102. The summed E-state index contributed by atoms with van der Waals surface area (Å²) in [4.78, 5) is 16.5. The highest BCUT2D eigenvalue weighted by molar-refractivity contribution is 6.30. The molecule has 0 saturated carbocycles. The first kappa shape index (κ1) is 19.7. The number of carbonyl (C=O) groups is 1. The second kappa shape index (κ2) is 8.28. The van der Waals surface area contributed by atoms with Gasteiger partial charge in [0.05, 0.1) is 30.6 Å². The van der Waals surface area contributed by atoms with Crippen molar-refractivity contribution in [3.8, 4) is 5.75 Å². The summed E-state index contributed by atoms with van der Waals surface area (Å²) in [5, 5.41) is 7.64. The van der Waals surface area contributed by atoms with Crippen LogP contribution in [0.25, 0.3) is 0 Å². The van der Waals surface area contributed by atoms with Gasteiger partial charge in [0.15, 0.2) is 0 Å². The van der Waals surface area contributed by atoms with E-state index in [0.29, 0.717) is 22.0 Å². The van der Waals surface area contributed by atoms with Crippen LogP contribution >= 0.6 is 11.6 Å². The Hall–Kier alpha value is -3.10. The van der Waals surface area contributed by atoms with Crippen LogP contribution in [0.5, 0.6) is 5.75 Å². The maximum atomic E-state index is 12.5. The Morgan fingerprint density at radius 3 is 2.82 bits per heavy atom. The fourth-order valence-corrected chi connectivity index (χ4v) is 3.06. The number of benzene rings is 1. The van der Waals surface area contributed by atoms with Crippen LogP contribution in [0.2, 0.25) is 5.02 Å². The summed E-state index contributed by atoms with van der Waals surface area (Å²) in [7, 11) is 1.57. The van der Waals surface area contributed by atoms with Gasteiger partial charge in [-0.15, -0.1) is 0 Å². The van der Waals surface area contributed by atoms with Crippen molar-refractivity contribution in [2.45, 2.75) is 13.0 Å². The number of hydrogen-bond donors (Lipinski definition) is 3. The highest BCUT2D eigenvalue weighted by atomic mass is 35.5. The highest BCUT2D eigenvalue weighted by Crippen LogP contribution is 2.27. The molecule has 28 heavy (non-hydrogen) atoms. The van der Waals surface area contributed by atoms with Crippen LogP contribution in [0.15, 0.2) is 42.9 Å². The SMILES string of the molecule is COc1cc(Cl)cc(C(CN)n2cc(NC(=O)c3cc(C)cnc3N)cn2)c1. The number of aryl methyl sites for hydroxylation is 1. The molecule has 2 heterocycles. The van der Waals surface area contributed by atoms with E-state index in [2.05, 4.69) is 15.4 Å². The van der Waals surface area contributed by atoms with E-state index in [1.807, 2.05) is 13.0 Å². The molecule has 1 amide bonds. The number of pyridine rings is 1. The van der Waals surface area contributed by atoms with Crippen molar-refractivity contribution in [1.29, 1.82) is 0 Å². The van der Waals surface area contributed by atoms with Crippen LogP contribution in [0.4, 0.5) is 11.5 Å². The van der Waals surface area contributed by atoms with Gasteiger partial charge in [-0.2, -0.15) is 5.10 Å². The van der Waals surface area contributed by atoms with Crippen LogP contribution in [0, 0.1) is 6.92 Å². The van der Waals surface area contributed by atoms with E-state index in [-0.39, 0.29) is 24.3 Å². The van der Waals surface area contributed by atoms with Crippen molar-refractivity contribution in [3.05, 3.63) is 64.6 Å². The van der Waals surface area contributed by atoms with E-state index in [9.17, 15) is 4.79 Å². The smallest absolute Gasteiger partial charge is 0.259 e. The Morgan fingerprint density at radius 2 is 2.11 bits per heavy atom. The standard InChI is InChI=1S/C19H21ClN6O2/c1-11-3-16(18(22)23-8-11)19(27)25-14-9-24-26(10-14)17(7-21)12-4-13(20)6-15(5-12)28-2/h3-6,8-10,17H,7,21H2,1-2H3,(H2,22,23)(H,25,27). The minimum atomic E-state index is -0.359. The summed E-state index contributed by atoms with van der Waals surface area (Å²) in [6, 6.07) is 6.78. The molecule has 8 nitrogen and oxygen atoms in total. The lowest BCUT2D eigenvalue weighted by atomic mass is 10.1. The number of anilines is 2. The number of nitrogen functional groups attached to an aromatic ring is 1. The molecule has 0 aliphatic rings. The molecular weight excluding hydrogens is 380 g/mol. The van der Waals surface area contributed by atoms with E-state index in [4.69, 9.17) is 27.8 Å². The number of amides is 1. The number of nitrogens with two attached hydrogens (primary N) is 2. The van der Waals surface area contributed by atoms with Gasteiger partial charge in [0, 0.05) is 24.0 Å². The number of halogens is 1. The zero-order chi connectivity index (χ0) is 20.3. The van der Waals surface area contributed by atoms with Crippen LogP contribution in [-0.2, 0) is 0 Å². The van der Waals surface area contributed by atoms with Crippen LogP contribution in [0.3, 0.4) is 0 Å². The first-order valence-electron chi connectivity index (χ1n) is 8.53. The van der Waals surface area contributed by atoms with Gasteiger partial charge in [0.1, 0.15) is 11.6 Å². The Labute approximate surface area is 167 Å². The molecule has 1 unspecified atom stereocenters. The van der Waals surface area contributed by atoms with E-state index >= 15 is 0 Å². The topological polar surface area (TPSA) is 121 Å². The molecule has 146 valence electrons. The third kappa shape index (κ3) is 4.24. The number of nitrogens with zero attached hydrogens (tertiary/aromatic N) is 3. The molecule has 0 fully saturated rings. The van der Waals surface area contributed by atoms with Crippen molar-refractivity contribution in [3.63, 3.8) is 0 Å². The molecule has 2 aromatic heterocycles. The molecule has 0 bridgehead atoms. The number of aromatic nitrogens is 3. The second-order valence-corrected chi connectivity index (χ2v) is 6.72. The fraction of sp³-hybridized carbons (Fsp3) is 0.211. The normalized spacial score (nSPS) is 11.9. The van der Waals surface area contributed by atoms with E-state index in [1.54, 1.807) is 48.6 Å². The number of methoxy groups -OCH3 is 1. The van der Waals surface area contributed by atoms with Crippen LogP contribution in [0.1, 0.15) is 27.5 Å². The molecule has 0 spiro atoms. The molecule has 3 rings (SSSR count). The largest absolute Gasteiger partial charge is 0.497 e. The number of rotatable bonds is 6. The molecular formula is C19H21ClN6O2. The Morgan fingerprint density at radius 1 is 1.32 bits per heavy atom. The van der Waals surface area contributed by atoms with Gasteiger partial charge in [0.2, 0.25) is 0 Å². The molecule has 0 aliphatic carbocycles. The fourth-order valence-electron chi connectivity index (χ4n) is 2.82. The maximum Gasteiger partial charge on any atom is 0.259 e. The molecule has 1 aromatic carbocycles. The summed E-state index contributed by atoms with van der Waals surface area (Å²) >= 11 is 6.16. The first-order valence-corrected chi connectivity index (χ1v) is 8.91. The van der Waals surface area contributed by atoms with Crippen molar-refractivity contribution in [2.75, 3.05) is 24.7 Å². The predicted octanol–water partition coefficient (Wildman–Crippen LogP) is 2.63. The Kier molecular flexibility index (Phi) is 5.81. The van der Waals surface area contributed by atoms with Crippen molar-refractivity contribution < 1.29 is 9.53 Å². The van der Waals surface area contributed by atoms with Gasteiger partial charge in [-0.05, 0) is 42.3 Å². The van der Waals surface area contributed by atoms with Crippen molar-refractivity contribution >= 4 is 29.0 Å². The summed E-state index contributed by atoms with van der Waals surface area (Å²) < 4.78 is 6.93. The van der Waals surface area contributed by atoms with E-state index in [0.717, 1.165) is 11.1 Å². The van der Waals surface area contributed by atoms with E-state index < -0.39 is 0 Å². The number of hydrogen-bond acceptors (Lipinski definition) is 6. The average Bonchev–Trinajstić information content (AvgIpc) is 3.11. The zero-order valence-corrected chi connectivity index (χ0v) is 16.3. The van der Waals surface area contributed by atoms with E-state index in [1.165, 1.54) is 0 Å². The minimum Gasteiger partial charge on any atom is -0.497 e. The molecule has 0 aliphatic heterocycles. The predicted molar refractivity (Wildman–Crippen MR) is 109 cm³/mol. The summed E-state index contributed by atoms with van der Waals surface area (Å²) in [6.07, 6.45) is 4.85. The van der Waals surface area contributed by atoms with Crippen LogP contribution in [-0.4, -0.2) is 34.3 Å². The average molecular weight is 401 g/mol. The first-order chi connectivity index (χ1) is 13.4. The Bertz CT molecular complexity index is 1000. The third-order valence-corrected chi connectivity index (χ3v) is 4.43. The van der Waals surface area contributed by atoms with Gasteiger partial charge in [-0.25, -0.2) is 4.98 Å². The summed E-state index contributed by atoms with van der Waals surface area (Å²) in [5.41, 5.74) is 14.3. The molecule has 0 saturated heterocycles. The highest BCUT2D eigenvalue weighted by Gasteiger charge is 2.17. The Balaban J connectivity index is 1.83. The number of ether oxygens (including phenoxy) is 1. The minimum absolute atomic E-state index is 0.168. The van der Waals surface area contributed by atoms with Crippen molar-refractivity contribution in [1.82, 2.24) is 14.8 Å². The lowest BCUT2D eigenvalue weighted by Crippen LogP contribution is -2.21. The third-order valence-electron chi connectivity index (χ3n) is 4.22. The molecule has 5 N–H and O–H groups in total. The van der Waals surface area contributed by atoms with Gasteiger partial charge < -0.3 is 21.5 Å². The summed E-state index contributed by atoms with van der Waals surface area (Å²) in [6.45, 7) is 2.12. The van der Waals surface area contributed by atoms with Gasteiger partial charge in [-0.1, -0.05) is 11.6 Å². The van der Waals surface area contributed by atoms with Gasteiger partial charge in [-0.3, -0.25) is 9.48 Å². The zero-order valence-electron chi connectivity index (χ0n) is 15.5. The quantitative estimate of drug-likeness (QED) is 0.584. The summed E-state index contributed by atoms with van der Waals surface area (Å²) in [5.74, 6) is 0.437. The monoisotopic (exact) mass is 400 g/mol. The number of carbonyl (C=O) groups excluding carboxylic acids is 1. The number of nitrogens with one attached hydrogen (secondary N) is 1. The molecule has 3 aromatic rings. The van der Waals surface area contributed by atoms with Crippen molar-refractivity contribution in [2.24, 2.45) is 5.73 Å². The lowest BCUT2D eigenvalue weighted by Gasteiger charge is -2.17. The van der Waals surface area contributed by atoms with Gasteiger partial charge >= 0.3 is 0 Å². The molecule has 9 heteroatoms. The second-order valence-electron chi connectivity index (χ2n) is 6.28. The maximum absolute atomic E-state index is 12.5.